The van der Waals surface area contributed by atoms with E-state index in [4.69, 9.17) is 0 Å². The summed E-state index contributed by atoms with van der Waals surface area (Å²) >= 11 is 0. The van der Waals surface area contributed by atoms with Gasteiger partial charge in [0.15, 0.2) is 0 Å². The number of carbonyl (C=O) groups excluding carboxylic acids is 1. The van der Waals surface area contributed by atoms with Gasteiger partial charge in [0.2, 0.25) is 5.91 Å². The summed E-state index contributed by atoms with van der Waals surface area (Å²) in [6, 6.07) is 0.277. The third-order valence-electron chi connectivity index (χ3n) is 1.56. The molecule has 0 aliphatic heterocycles. The lowest BCUT2D eigenvalue weighted by molar-refractivity contribution is -0.120. The Labute approximate surface area is 88.3 Å². The van der Waals surface area contributed by atoms with Crippen molar-refractivity contribution in [2.24, 2.45) is 0 Å². The van der Waals surface area contributed by atoms with Crippen LogP contribution in [0, 0.1) is 0 Å². The van der Waals surface area contributed by atoms with Gasteiger partial charge in [-0.15, -0.1) is 0 Å². The van der Waals surface area contributed by atoms with E-state index in [0.717, 1.165) is 0 Å². The van der Waals surface area contributed by atoms with Crippen molar-refractivity contribution in [2.75, 3.05) is 18.6 Å². The zero-order valence-corrected chi connectivity index (χ0v) is 10.1. The van der Waals surface area contributed by atoms with Gasteiger partial charge in [-0.05, 0) is 6.92 Å². The summed E-state index contributed by atoms with van der Waals surface area (Å²) in [6.07, 6.45) is 1.63. The Morgan fingerprint density at radius 1 is 1.36 bits per heavy atom. The van der Waals surface area contributed by atoms with Gasteiger partial charge in [-0.3, -0.25) is 9.00 Å². The normalized spacial score (nSPS) is 15.2. The van der Waals surface area contributed by atoms with Gasteiger partial charge in [-0.1, -0.05) is 13.8 Å². The molecule has 2 atom stereocenters. The summed E-state index contributed by atoms with van der Waals surface area (Å²) in [7, 11) is -0.860. The number of hydrogen-bond donors (Lipinski definition) is 2. The minimum Gasteiger partial charge on any atom is -0.352 e. The third kappa shape index (κ3) is 8.19. The van der Waals surface area contributed by atoms with Crippen LogP contribution < -0.4 is 10.6 Å². The molecule has 14 heavy (non-hydrogen) atoms. The fourth-order valence-electron chi connectivity index (χ4n) is 1.02. The summed E-state index contributed by atoms with van der Waals surface area (Å²) in [5.74, 6) is 0.463. The molecular weight excluding hydrogens is 200 g/mol. The standard InChI is InChI=1S/C9H20N2O2S/c1-7(2)10-5-9(12)11-8(3)6-14(4)13/h7-8,10H,5-6H2,1-4H3,(H,11,12). The molecule has 0 saturated carbocycles. The SMILES string of the molecule is CC(C)NCC(=O)NC(C)CS(C)=O. The second kappa shape index (κ2) is 6.95. The van der Waals surface area contributed by atoms with E-state index in [1.165, 1.54) is 0 Å². The molecular formula is C9H20N2O2S. The maximum absolute atomic E-state index is 11.3. The first-order chi connectivity index (χ1) is 6.41. The van der Waals surface area contributed by atoms with Crippen LogP contribution in [0.1, 0.15) is 20.8 Å². The highest BCUT2D eigenvalue weighted by Crippen LogP contribution is 1.85. The van der Waals surface area contributed by atoms with Crippen LogP contribution in [0.3, 0.4) is 0 Å². The zero-order chi connectivity index (χ0) is 11.1. The van der Waals surface area contributed by atoms with E-state index in [1.807, 2.05) is 20.8 Å². The van der Waals surface area contributed by atoms with Gasteiger partial charge in [-0.25, -0.2) is 0 Å². The van der Waals surface area contributed by atoms with E-state index < -0.39 is 10.8 Å². The Bertz CT molecular complexity index is 207. The summed E-state index contributed by atoms with van der Waals surface area (Å²) in [4.78, 5) is 11.3. The molecule has 0 saturated heterocycles. The molecule has 4 nitrogen and oxygen atoms in total. The van der Waals surface area contributed by atoms with Crippen molar-refractivity contribution in [3.05, 3.63) is 0 Å². The summed E-state index contributed by atoms with van der Waals surface area (Å²) in [6.45, 7) is 6.14. The smallest absolute Gasteiger partial charge is 0.234 e. The molecule has 2 unspecified atom stereocenters. The van der Waals surface area contributed by atoms with E-state index >= 15 is 0 Å². The van der Waals surface area contributed by atoms with Gasteiger partial charge in [0.25, 0.3) is 0 Å². The highest BCUT2D eigenvalue weighted by molar-refractivity contribution is 7.84. The Morgan fingerprint density at radius 2 is 1.93 bits per heavy atom. The van der Waals surface area contributed by atoms with Crippen LogP contribution >= 0.6 is 0 Å². The molecule has 0 radical (unpaired) electrons. The molecule has 0 bridgehead atoms. The van der Waals surface area contributed by atoms with Crippen molar-refractivity contribution in [3.63, 3.8) is 0 Å². The van der Waals surface area contributed by atoms with Crippen molar-refractivity contribution >= 4 is 16.7 Å². The van der Waals surface area contributed by atoms with Crippen LogP contribution in [0.25, 0.3) is 0 Å². The van der Waals surface area contributed by atoms with Crippen molar-refractivity contribution in [1.29, 1.82) is 0 Å². The van der Waals surface area contributed by atoms with Crippen LogP contribution in [-0.2, 0) is 15.6 Å². The average Bonchev–Trinajstić information content (AvgIpc) is 1.98. The van der Waals surface area contributed by atoms with Crippen LogP contribution in [0.2, 0.25) is 0 Å². The zero-order valence-electron chi connectivity index (χ0n) is 9.29. The van der Waals surface area contributed by atoms with Crippen LogP contribution in [0.15, 0.2) is 0 Å². The summed E-state index contributed by atoms with van der Waals surface area (Å²) < 4.78 is 10.8. The summed E-state index contributed by atoms with van der Waals surface area (Å²) in [5, 5.41) is 5.79. The number of nitrogens with one attached hydrogen (secondary N) is 2. The first-order valence-electron chi connectivity index (χ1n) is 4.74. The lowest BCUT2D eigenvalue weighted by Gasteiger charge is -2.13. The van der Waals surface area contributed by atoms with Gasteiger partial charge in [0.05, 0.1) is 6.54 Å². The quantitative estimate of drug-likeness (QED) is 0.655. The average molecular weight is 220 g/mol. The largest absolute Gasteiger partial charge is 0.352 e. The molecule has 0 aromatic heterocycles. The van der Waals surface area contributed by atoms with E-state index in [-0.39, 0.29) is 11.9 Å². The van der Waals surface area contributed by atoms with E-state index in [1.54, 1.807) is 6.26 Å². The maximum Gasteiger partial charge on any atom is 0.234 e. The van der Waals surface area contributed by atoms with Gasteiger partial charge in [0, 0.05) is 34.9 Å². The molecule has 1 amide bonds. The third-order valence-corrected chi connectivity index (χ3v) is 2.53. The number of hydrogen-bond acceptors (Lipinski definition) is 3. The fraction of sp³-hybridized carbons (Fsp3) is 0.889. The molecule has 0 aromatic rings. The predicted molar refractivity (Wildman–Crippen MR) is 59.7 cm³/mol. The number of rotatable bonds is 6. The van der Waals surface area contributed by atoms with Crippen LogP contribution in [0.4, 0.5) is 0 Å². The molecule has 0 rings (SSSR count). The maximum atomic E-state index is 11.3. The van der Waals surface area contributed by atoms with Crippen molar-refractivity contribution < 1.29 is 9.00 Å². The van der Waals surface area contributed by atoms with Gasteiger partial charge in [0.1, 0.15) is 0 Å². The fourth-order valence-corrected chi connectivity index (χ4v) is 1.80. The monoisotopic (exact) mass is 220 g/mol. The molecule has 0 aliphatic rings. The van der Waals surface area contributed by atoms with Gasteiger partial charge >= 0.3 is 0 Å². The summed E-state index contributed by atoms with van der Waals surface area (Å²) in [5.41, 5.74) is 0. The topological polar surface area (TPSA) is 58.2 Å². The van der Waals surface area contributed by atoms with Crippen LogP contribution in [0.5, 0.6) is 0 Å². The lowest BCUT2D eigenvalue weighted by Crippen LogP contribution is -2.42. The van der Waals surface area contributed by atoms with Crippen LogP contribution in [-0.4, -0.2) is 40.8 Å². The number of amides is 1. The van der Waals surface area contributed by atoms with E-state index in [0.29, 0.717) is 18.3 Å². The molecule has 0 spiro atoms. The first kappa shape index (κ1) is 13.6. The predicted octanol–water partition coefficient (Wildman–Crippen LogP) is -0.132. The molecule has 0 aliphatic carbocycles. The minimum atomic E-state index is -0.860. The minimum absolute atomic E-state index is 0.0257. The van der Waals surface area contributed by atoms with Gasteiger partial charge < -0.3 is 10.6 Å². The molecule has 0 fully saturated rings. The van der Waals surface area contributed by atoms with Crippen molar-refractivity contribution in [1.82, 2.24) is 10.6 Å². The molecule has 0 aromatic carbocycles. The van der Waals surface area contributed by atoms with Crippen molar-refractivity contribution in [3.8, 4) is 0 Å². The molecule has 84 valence electrons. The lowest BCUT2D eigenvalue weighted by atomic mass is 10.3. The second-order valence-corrected chi connectivity index (χ2v) is 5.22. The Kier molecular flexibility index (Phi) is 6.74. The second-order valence-electron chi connectivity index (χ2n) is 3.74. The Morgan fingerprint density at radius 3 is 2.36 bits per heavy atom. The van der Waals surface area contributed by atoms with E-state index in [9.17, 15) is 9.00 Å². The first-order valence-corrected chi connectivity index (χ1v) is 6.47. The Balaban J connectivity index is 3.66. The molecule has 5 heteroatoms. The highest BCUT2D eigenvalue weighted by atomic mass is 32.2. The Hall–Kier alpha value is -0.420. The number of carbonyl (C=O) groups is 1. The van der Waals surface area contributed by atoms with E-state index in [2.05, 4.69) is 10.6 Å². The molecule has 2 N–H and O–H groups in total. The van der Waals surface area contributed by atoms with Gasteiger partial charge in [-0.2, -0.15) is 0 Å². The molecule has 0 heterocycles. The highest BCUT2D eigenvalue weighted by Gasteiger charge is 2.08. The van der Waals surface area contributed by atoms with Crippen molar-refractivity contribution in [2.45, 2.75) is 32.9 Å².